The molecule has 2 aliphatic heterocycles. The van der Waals surface area contributed by atoms with Gasteiger partial charge in [0.1, 0.15) is 5.54 Å². The van der Waals surface area contributed by atoms with Crippen molar-refractivity contribution in [1.82, 2.24) is 10.2 Å². The van der Waals surface area contributed by atoms with Crippen molar-refractivity contribution >= 4 is 5.97 Å². The van der Waals surface area contributed by atoms with E-state index in [-0.39, 0.29) is 11.5 Å². The highest BCUT2D eigenvalue weighted by molar-refractivity contribution is 5.81. The molecule has 2 fully saturated rings. The summed E-state index contributed by atoms with van der Waals surface area (Å²) in [6.07, 6.45) is 5.38. The molecular formula is C15H28N2O2. The highest BCUT2D eigenvalue weighted by Crippen LogP contribution is 2.33. The molecular weight excluding hydrogens is 240 g/mol. The molecule has 0 spiro atoms. The van der Waals surface area contributed by atoms with E-state index in [2.05, 4.69) is 24.1 Å². The Morgan fingerprint density at radius 2 is 2.11 bits per heavy atom. The number of methoxy groups -OCH3 is 1. The number of nitrogens with zero attached hydrogens (tertiary/aromatic N) is 1. The summed E-state index contributed by atoms with van der Waals surface area (Å²) in [7, 11) is 1.51. The van der Waals surface area contributed by atoms with Crippen LogP contribution in [-0.4, -0.2) is 49.2 Å². The average Bonchev–Trinajstić information content (AvgIpc) is 2.88. The van der Waals surface area contributed by atoms with Crippen LogP contribution in [-0.2, 0) is 9.53 Å². The van der Waals surface area contributed by atoms with Gasteiger partial charge in [-0.3, -0.25) is 4.79 Å². The van der Waals surface area contributed by atoms with Gasteiger partial charge >= 0.3 is 5.97 Å². The van der Waals surface area contributed by atoms with E-state index in [0.29, 0.717) is 12.0 Å². The molecule has 0 saturated carbocycles. The molecule has 1 N–H and O–H groups in total. The van der Waals surface area contributed by atoms with Crippen LogP contribution in [0.25, 0.3) is 0 Å². The molecule has 2 rings (SSSR count). The molecule has 0 aromatic carbocycles. The third-order valence-electron chi connectivity index (χ3n) is 4.84. The monoisotopic (exact) mass is 268 g/mol. The van der Waals surface area contributed by atoms with E-state index >= 15 is 0 Å². The zero-order valence-electron chi connectivity index (χ0n) is 12.6. The summed E-state index contributed by atoms with van der Waals surface area (Å²) in [5.74, 6) is 0.594. The first kappa shape index (κ1) is 14.8. The Bertz CT molecular complexity index is 303. The fourth-order valence-electron chi connectivity index (χ4n) is 3.60. The lowest BCUT2D eigenvalue weighted by Crippen LogP contribution is -2.51. The van der Waals surface area contributed by atoms with E-state index in [1.165, 1.54) is 33.0 Å². The SMILES string of the molecule is COC(=O)C1(CC2CCN(C(C)C)CC2)CCCN1. The van der Waals surface area contributed by atoms with Gasteiger partial charge in [0.05, 0.1) is 7.11 Å². The first-order valence-electron chi connectivity index (χ1n) is 7.65. The van der Waals surface area contributed by atoms with Crippen molar-refractivity contribution in [2.24, 2.45) is 5.92 Å². The van der Waals surface area contributed by atoms with Gasteiger partial charge in [-0.15, -0.1) is 0 Å². The summed E-state index contributed by atoms with van der Waals surface area (Å²) in [4.78, 5) is 14.6. The summed E-state index contributed by atoms with van der Waals surface area (Å²) in [6.45, 7) is 7.79. The molecule has 1 unspecified atom stereocenters. The van der Waals surface area contributed by atoms with Crippen molar-refractivity contribution in [1.29, 1.82) is 0 Å². The molecule has 4 nitrogen and oxygen atoms in total. The smallest absolute Gasteiger partial charge is 0.326 e. The number of carbonyl (C=O) groups is 1. The summed E-state index contributed by atoms with van der Waals surface area (Å²) in [5.41, 5.74) is -0.389. The second-order valence-corrected chi connectivity index (χ2v) is 6.38. The van der Waals surface area contributed by atoms with E-state index in [0.717, 1.165) is 25.8 Å². The maximum Gasteiger partial charge on any atom is 0.326 e. The van der Waals surface area contributed by atoms with Crippen LogP contribution >= 0.6 is 0 Å². The first-order chi connectivity index (χ1) is 9.07. The summed E-state index contributed by atoms with van der Waals surface area (Å²) in [5, 5.41) is 3.41. The Hall–Kier alpha value is -0.610. The van der Waals surface area contributed by atoms with Crippen LogP contribution in [0.5, 0.6) is 0 Å². The van der Waals surface area contributed by atoms with E-state index in [4.69, 9.17) is 4.74 Å². The lowest BCUT2D eigenvalue weighted by molar-refractivity contribution is -0.149. The van der Waals surface area contributed by atoms with Crippen molar-refractivity contribution in [3.63, 3.8) is 0 Å². The van der Waals surface area contributed by atoms with Crippen molar-refractivity contribution in [3.8, 4) is 0 Å². The van der Waals surface area contributed by atoms with Gasteiger partial charge < -0.3 is 15.0 Å². The number of esters is 1. The van der Waals surface area contributed by atoms with Crippen LogP contribution in [0, 0.1) is 5.92 Å². The molecule has 0 aromatic rings. The predicted octanol–water partition coefficient (Wildman–Crippen LogP) is 1.79. The van der Waals surface area contributed by atoms with Gasteiger partial charge in [0.25, 0.3) is 0 Å². The lowest BCUT2D eigenvalue weighted by Gasteiger charge is -2.38. The molecule has 2 heterocycles. The lowest BCUT2D eigenvalue weighted by atomic mass is 9.81. The highest BCUT2D eigenvalue weighted by atomic mass is 16.5. The van der Waals surface area contributed by atoms with Gasteiger partial charge in [-0.1, -0.05) is 0 Å². The predicted molar refractivity (Wildman–Crippen MR) is 76.0 cm³/mol. The highest BCUT2D eigenvalue weighted by Gasteiger charge is 2.44. The molecule has 19 heavy (non-hydrogen) atoms. The molecule has 2 saturated heterocycles. The summed E-state index contributed by atoms with van der Waals surface area (Å²) >= 11 is 0. The number of likely N-dealkylation sites (tertiary alicyclic amines) is 1. The Morgan fingerprint density at radius 1 is 1.42 bits per heavy atom. The molecule has 0 bridgehead atoms. The minimum Gasteiger partial charge on any atom is -0.468 e. The Morgan fingerprint density at radius 3 is 2.58 bits per heavy atom. The van der Waals surface area contributed by atoms with Crippen LogP contribution in [0.2, 0.25) is 0 Å². The molecule has 110 valence electrons. The van der Waals surface area contributed by atoms with Crippen LogP contribution in [0.3, 0.4) is 0 Å². The van der Waals surface area contributed by atoms with Crippen LogP contribution < -0.4 is 5.32 Å². The summed E-state index contributed by atoms with van der Waals surface area (Å²) in [6, 6.07) is 0.639. The van der Waals surface area contributed by atoms with E-state index < -0.39 is 0 Å². The van der Waals surface area contributed by atoms with E-state index in [1.807, 2.05) is 0 Å². The first-order valence-corrected chi connectivity index (χ1v) is 7.65. The van der Waals surface area contributed by atoms with Gasteiger partial charge in [0.15, 0.2) is 0 Å². The normalized spacial score (nSPS) is 29.9. The standard InChI is InChI=1S/C15H28N2O2/c1-12(2)17-9-5-13(6-10-17)11-15(14(18)19-3)7-4-8-16-15/h12-13,16H,4-11H2,1-3H3. The van der Waals surface area contributed by atoms with Gasteiger partial charge in [-0.2, -0.15) is 0 Å². The molecule has 0 aliphatic carbocycles. The minimum atomic E-state index is -0.389. The third-order valence-corrected chi connectivity index (χ3v) is 4.84. The maximum absolute atomic E-state index is 12.1. The van der Waals surface area contributed by atoms with E-state index in [9.17, 15) is 4.79 Å². The topological polar surface area (TPSA) is 41.6 Å². The number of ether oxygens (including phenoxy) is 1. The van der Waals surface area contributed by atoms with Crippen molar-refractivity contribution in [2.45, 2.75) is 57.5 Å². The zero-order valence-corrected chi connectivity index (χ0v) is 12.6. The summed E-state index contributed by atoms with van der Waals surface area (Å²) < 4.78 is 5.03. The molecule has 4 heteroatoms. The average molecular weight is 268 g/mol. The second kappa shape index (κ2) is 6.23. The third kappa shape index (κ3) is 3.29. The van der Waals surface area contributed by atoms with Crippen LogP contribution in [0.1, 0.15) is 46.0 Å². The minimum absolute atomic E-state index is 0.0590. The Labute approximate surface area is 116 Å². The number of rotatable bonds is 4. The molecule has 1 atom stereocenters. The quantitative estimate of drug-likeness (QED) is 0.789. The largest absolute Gasteiger partial charge is 0.468 e. The van der Waals surface area contributed by atoms with Crippen molar-refractivity contribution < 1.29 is 9.53 Å². The zero-order chi connectivity index (χ0) is 13.9. The number of piperidine rings is 1. The Balaban J connectivity index is 1.91. The van der Waals surface area contributed by atoms with Crippen molar-refractivity contribution in [3.05, 3.63) is 0 Å². The van der Waals surface area contributed by atoms with Gasteiger partial charge in [-0.25, -0.2) is 0 Å². The van der Waals surface area contributed by atoms with Crippen molar-refractivity contribution in [2.75, 3.05) is 26.7 Å². The number of hydrogen-bond donors (Lipinski definition) is 1. The second-order valence-electron chi connectivity index (χ2n) is 6.38. The number of nitrogens with one attached hydrogen (secondary N) is 1. The van der Waals surface area contributed by atoms with Gasteiger partial charge in [-0.05, 0) is 71.5 Å². The van der Waals surface area contributed by atoms with E-state index in [1.54, 1.807) is 0 Å². The molecule has 0 amide bonds. The Kier molecular flexibility index (Phi) is 4.85. The fraction of sp³-hybridized carbons (Fsp3) is 0.933. The fourth-order valence-corrected chi connectivity index (χ4v) is 3.60. The molecule has 0 aromatic heterocycles. The van der Waals surface area contributed by atoms with Crippen LogP contribution in [0.15, 0.2) is 0 Å². The molecule has 0 radical (unpaired) electrons. The number of carbonyl (C=O) groups excluding carboxylic acids is 1. The van der Waals surface area contributed by atoms with Crippen LogP contribution in [0.4, 0.5) is 0 Å². The maximum atomic E-state index is 12.1. The van der Waals surface area contributed by atoms with Gasteiger partial charge in [0.2, 0.25) is 0 Å². The molecule has 2 aliphatic rings. The van der Waals surface area contributed by atoms with Gasteiger partial charge in [0, 0.05) is 6.04 Å². The number of hydrogen-bond acceptors (Lipinski definition) is 4.